The van der Waals surface area contributed by atoms with Crippen LogP contribution in [0, 0.1) is 5.92 Å². The maximum absolute atomic E-state index is 14.0. The van der Waals surface area contributed by atoms with Crippen LogP contribution in [-0.4, -0.2) is 60.1 Å². The number of ether oxygens (including phenoxy) is 1. The molecule has 1 amide bonds. The Hall–Kier alpha value is -3.36. The van der Waals surface area contributed by atoms with Crippen LogP contribution >= 0.6 is 11.3 Å². The van der Waals surface area contributed by atoms with Gasteiger partial charge in [0.15, 0.2) is 0 Å². The molecule has 8 heteroatoms. The zero-order chi connectivity index (χ0) is 27.8. The first-order chi connectivity index (χ1) is 20.1. The number of thiophene rings is 1. The SMILES string of the molecule is COc1ccc(C2(N[C@@H]3CC[C@H](C(=O)N4CCN(c5nc6ccccc6[nH]5)CC4)[C@@H](c4ccsc4)C3)CCC2)cc1. The minimum Gasteiger partial charge on any atom is -0.497 e. The van der Waals surface area contributed by atoms with E-state index in [0.29, 0.717) is 11.9 Å². The first-order valence-electron chi connectivity index (χ1n) is 15.0. The van der Waals surface area contributed by atoms with Gasteiger partial charge in [-0.1, -0.05) is 24.3 Å². The molecule has 41 heavy (non-hydrogen) atoms. The van der Waals surface area contributed by atoms with E-state index >= 15 is 0 Å². The topological polar surface area (TPSA) is 73.5 Å². The van der Waals surface area contributed by atoms with Crippen molar-refractivity contribution in [2.75, 3.05) is 38.2 Å². The van der Waals surface area contributed by atoms with Gasteiger partial charge < -0.3 is 24.8 Å². The van der Waals surface area contributed by atoms with E-state index in [0.717, 1.165) is 81.0 Å². The Morgan fingerprint density at radius 2 is 1.85 bits per heavy atom. The van der Waals surface area contributed by atoms with Crippen molar-refractivity contribution >= 4 is 34.2 Å². The van der Waals surface area contributed by atoms with Crippen LogP contribution in [0.25, 0.3) is 11.0 Å². The van der Waals surface area contributed by atoms with Gasteiger partial charge in [-0.15, -0.1) is 0 Å². The second-order valence-electron chi connectivity index (χ2n) is 12.0. The molecule has 3 atom stereocenters. The van der Waals surface area contributed by atoms with Gasteiger partial charge in [-0.2, -0.15) is 11.3 Å². The molecule has 3 fully saturated rings. The Morgan fingerprint density at radius 3 is 2.54 bits per heavy atom. The van der Waals surface area contributed by atoms with Crippen LogP contribution in [0.2, 0.25) is 0 Å². The molecular weight excluding hydrogens is 530 g/mol. The molecule has 2 saturated carbocycles. The third-order valence-electron chi connectivity index (χ3n) is 9.74. The third-order valence-corrected chi connectivity index (χ3v) is 10.4. The van der Waals surface area contributed by atoms with Crippen molar-refractivity contribution in [2.24, 2.45) is 5.92 Å². The van der Waals surface area contributed by atoms with Crippen molar-refractivity contribution in [3.8, 4) is 5.75 Å². The summed E-state index contributed by atoms with van der Waals surface area (Å²) in [6.45, 7) is 3.09. The molecule has 0 radical (unpaired) electrons. The smallest absolute Gasteiger partial charge is 0.226 e. The summed E-state index contributed by atoms with van der Waals surface area (Å²) in [6, 6.07) is 19.4. The van der Waals surface area contributed by atoms with Crippen molar-refractivity contribution in [2.45, 2.75) is 56.0 Å². The summed E-state index contributed by atoms with van der Waals surface area (Å²) < 4.78 is 5.40. The zero-order valence-corrected chi connectivity index (χ0v) is 24.5. The van der Waals surface area contributed by atoms with Crippen LogP contribution in [0.5, 0.6) is 5.75 Å². The van der Waals surface area contributed by atoms with Gasteiger partial charge in [0, 0.05) is 43.7 Å². The largest absolute Gasteiger partial charge is 0.497 e. The standard InChI is InChI=1S/C33H39N5O2S/c1-40-26-10-7-24(8-11-26)33(14-4-15-33)36-25-9-12-27(28(21-25)23-13-20-41-22-23)31(39)37-16-18-38(19-17-37)32-34-29-5-2-3-6-30(29)35-32/h2-3,5-8,10-11,13,20,22,25,27-28,36H,4,9,12,14-19,21H2,1H3,(H,34,35)/t25-,27+,28-/m1/s1. The fraction of sp³-hybridized carbons (Fsp3) is 0.455. The molecule has 2 aliphatic carbocycles. The number of carbonyl (C=O) groups excluding carboxylic acids is 1. The lowest BCUT2D eigenvalue weighted by atomic mass is 9.68. The van der Waals surface area contributed by atoms with Crippen LogP contribution in [0.3, 0.4) is 0 Å². The molecule has 3 aliphatic rings. The van der Waals surface area contributed by atoms with Crippen LogP contribution in [0.1, 0.15) is 55.6 Å². The van der Waals surface area contributed by atoms with E-state index in [1.807, 2.05) is 18.2 Å². The van der Waals surface area contributed by atoms with Gasteiger partial charge in [0.05, 0.1) is 18.1 Å². The molecule has 0 spiro atoms. The molecular formula is C33H39N5O2S. The zero-order valence-electron chi connectivity index (χ0n) is 23.7. The Bertz CT molecular complexity index is 1440. The number of carbonyl (C=O) groups is 1. The number of para-hydroxylation sites is 2. The van der Waals surface area contributed by atoms with E-state index in [2.05, 4.69) is 67.3 Å². The van der Waals surface area contributed by atoms with Gasteiger partial charge in [-0.05, 0) is 96.7 Å². The average molecular weight is 570 g/mol. The van der Waals surface area contributed by atoms with Crippen LogP contribution < -0.4 is 15.0 Å². The van der Waals surface area contributed by atoms with Crippen LogP contribution in [0.15, 0.2) is 65.4 Å². The number of hydrogen-bond acceptors (Lipinski definition) is 6. The Kier molecular flexibility index (Phi) is 7.21. The fourth-order valence-electron chi connectivity index (χ4n) is 7.26. The summed E-state index contributed by atoms with van der Waals surface area (Å²) in [5.41, 5.74) is 4.77. The van der Waals surface area contributed by atoms with E-state index < -0.39 is 0 Å². The van der Waals surface area contributed by atoms with Crippen LogP contribution in [-0.2, 0) is 10.3 Å². The monoisotopic (exact) mass is 569 g/mol. The number of piperazine rings is 1. The summed E-state index contributed by atoms with van der Waals surface area (Å²) in [5, 5.41) is 8.53. The van der Waals surface area contributed by atoms with Crippen molar-refractivity contribution in [1.82, 2.24) is 20.2 Å². The van der Waals surface area contributed by atoms with Gasteiger partial charge in [0.1, 0.15) is 5.75 Å². The minimum absolute atomic E-state index is 0.0405. The number of imidazole rings is 1. The van der Waals surface area contributed by atoms with Crippen molar-refractivity contribution in [1.29, 1.82) is 0 Å². The number of H-pyrrole nitrogens is 1. The molecule has 0 bridgehead atoms. The fourth-order valence-corrected chi connectivity index (χ4v) is 7.99. The summed E-state index contributed by atoms with van der Waals surface area (Å²) in [4.78, 5) is 26.7. The summed E-state index contributed by atoms with van der Waals surface area (Å²) in [7, 11) is 1.72. The van der Waals surface area contributed by atoms with Crippen molar-refractivity contribution in [3.05, 3.63) is 76.5 Å². The molecule has 0 unspecified atom stereocenters. The molecule has 2 aromatic heterocycles. The third kappa shape index (κ3) is 5.12. The lowest BCUT2D eigenvalue weighted by Gasteiger charge is -2.48. The molecule has 7 rings (SSSR count). The highest BCUT2D eigenvalue weighted by molar-refractivity contribution is 7.08. The number of aromatic amines is 1. The highest BCUT2D eigenvalue weighted by Gasteiger charge is 2.44. The first-order valence-corrected chi connectivity index (χ1v) is 16.0. The average Bonchev–Trinajstić information content (AvgIpc) is 3.70. The Balaban J connectivity index is 1.03. The molecule has 4 aromatic rings. The molecule has 2 N–H and O–H groups in total. The summed E-state index contributed by atoms with van der Waals surface area (Å²) in [5.74, 6) is 2.43. The van der Waals surface area contributed by atoms with E-state index in [4.69, 9.17) is 9.72 Å². The molecule has 1 aliphatic heterocycles. The van der Waals surface area contributed by atoms with Gasteiger partial charge in [-0.25, -0.2) is 4.98 Å². The highest BCUT2D eigenvalue weighted by atomic mass is 32.1. The van der Waals surface area contributed by atoms with Gasteiger partial charge in [0.2, 0.25) is 11.9 Å². The molecule has 3 heterocycles. The normalized spacial score (nSPS) is 24.3. The Morgan fingerprint density at radius 1 is 1.05 bits per heavy atom. The quantitative estimate of drug-likeness (QED) is 0.290. The maximum Gasteiger partial charge on any atom is 0.226 e. The second-order valence-corrected chi connectivity index (χ2v) is 12.8. The Labute approximate surface area is 245 Å². The predicted molar refractivity (Wildman–Crippen MR) is 165 cm³/mol. The molecule has 2 aromatic carbocycles. The number of aromatic nitrogens is 2. The van der Waals surface area contributed by atoms with Gasteiger partial charge in [0.25, 0.3) is 0 Å². The first kappa shape index (κ1) is 26.5. The number of anilines is 1. The lowest BCUT2D eigenvalue weighted by Crippen LogP contribution is -2.55. The number of nitrogens with zero attached hydrogens (tertiary/aromatic N) is 3. The number of hydrogen-bond donors (Lipinski definition) is 2. The number of rotatable bonds is 7. The predicted octanol–water partition coefficient (Wildman–Crippen LogP) is 5.90. The summed E-state index contributed by atoms with van der Waals surface area (Å²) in [6.07, 6.45) is 6.55. The lowest BCUT2D eigenvalue weighted by molar-refractivity contribution is -0.137. The van der Waals surface area contributed by atoms with E-state index in [9.17, 15) is 4.79 Å². The van der Waals surface area contributed by atoms with Gasteiger partial charge >= 0.3 is 0 Å². The highest BCUT2D eigenvalue weighted by Crippen LogP contribution is 2.46. The van der Waals surface area contributed by atoms with Crippen molar-refractivity contribution in [3.63, 3.8) is 0 Å². The maximum atomic E-state index is 14.0. The second kappa shape index (κ2) is 11.1. The van der Waals surface area contributed by atoms with E-state index in [1.54, 1.807) is 18.4 Å². The molecule has 1 saturated heterocycles. The number of nitrogens with one attached hydrogen (secondary N) is 2. The number of benzene rings is 2. The minimum atomic E-state index is 0.0405. The number of amides is 1. The molecule has 214 valence electrons. The van der Waals surface area contributed by atoms with Crippen LogP contribution in [0.4, 0.5) is 5.95 Å². The van der Waals surface area contributed by atoms with Gasteiger partial charge in [-0.3, -0.25) is 4.79 Å². The van der Waals surface area contributed by atoms with E-state index in [-0.39, 0.29) is 17.4 Å². The van der Waals surface area contributed by atoms with E-state index in [1.165, 1.54) is 17.5 Å². The number of methoxy groups -OCH3 is 1. The number of fused-ring (bicyclic) bond motifs is 1. The van der Waals surface area contributed by atoms with Crippen molar-refractivity contribution < 1.29 is 9.53 Å². The summed E-state index contributed by atoms with van der Waals surface area (Å²) >= 11 is 1.74. The molecule has 7 nitrogen and oxygen atoms in total.